The summed E-state index contributed by atoms with van der Waals surface area (Å²) in [6.07, 6.45) is 0. The molecule has 0 saturated carbocycles. The maximum absolute atomic E-state index is 4.71. The van der Waals surface area contributed by atoms with E-state index in [1.807, 2.05) is 62.4 Å². The fourth-order valence-electron chi connectivity index (χ4n) is 2.62. The van der Waals surface area contributed by atoms with Crippen molar-refractivity contribution in [2.75, 3.05) is 0 Å². The molecule has 0 unspecified atom stereocenters. The van der Waals surface area contributed by atoms with Gasteiger partial charge in [0.2, 0.25) is 0 Å². The number of aryl methyl sites for hydroxylation is 2. The molecule has 0 atom stereocenters. The number of rotatable bonds is 4. The van der Waals surface area contributed by atoms with Crippen LogP contribution in [-0.2, 0) is 8.46 Å². The molecule has 0 amide bonds. The summed E-state index contributed by atoms with van der Waals surface area (Å²) in [5.41, 5.74) is 7.87. The van der Waals surface area contributed by atoms with Crippen LogP contribution in [-0.4, -0.2) is 11.4 Å². The second kappa shape index (κ2) is 11.9. The first-order chi connectivity index (χ1) is 13.5. The van der Waals surface area contributed by atoms with Crippen LogP contribution in [0.3, 0.4) is 0 Å². The van der Waals surface area contributed by atoms with Crippen molar-refractivity contribution < 1.29 is 8.46 Å². The quantitative estimate of drug-likeness (QED) is 0.168. The van der Waals surface area contributed by atoms with Gasteiger partial charge < -0.3 is 4.98 Å². The predicted octanol–water partition coefficient (Wildman–Crippen LogP) is 7.31. The average Bonchev–Trinajstić information content (AvgIpc) is 3.17. The summed E-state index contributed by atoms with van der Waals surface area (Å²) in [6.45, 7) is 8.11. The molecule has 3 rings (SSSR count). The minimum absolute atomic E-state index is 0.887. The summed E-state index contributed by atoms with van der Waals surface area (Å²) >= 11 is 4.55. The van der Waals surface area contributed by atoms with Gasteiger partial charge in [0.05, 0.1) is 11.4 Å². The van der Waals surface area contributed by atoms with Crippen LogP contribution in [0.4, 0.5) is 11.4 Å². The van der Waals surface area contributed by atoms with E-state index >= 15 is 0 Å². The number of benzene rings is 2. The molecule has 1 heterocycles. The van der Waals surface area contributed by atoms with Crippen molar-refractivity contribution in [2.45, 2.75) is 27.7 Å². The molecule has 0 aliphatic rings. The van der Waals surface area contributed by atoms with Gasteiger partial charge in [0.1, 0.15) is 0 Å². The van der Waals surface area contributed by atoms with E-state index < -0.39 is 0 Å². The molecule has 147 valence electrons. The van der Waals surface area contributed by atoms with Crippen molar-refractivity contribution in [3.05, 3.63) is 83.2 Å². The summed E-state index contributed by atoms with van der Waals surface area (Å²) in [4.78, 5) is 14.1. The molecule has 3 aromatic rings. The average molecular weight is 638 g/mol. The number of para-hydroxylation sites is 2. The second-order valence-corrected chi connectivity index (χ2v) is 15.6. The zero-order chi connectivity index (χ0) is 20.5. The number of hydrogen-bond donors (Lipinski definition) is 0. The first-order valence-electron chi connectivity index (χ1n) is 8.67. The summed E-state index contributed by atoms with van der Waals surface area (Å²) in [7, 11) is 1.19. The van der Waals surface area contributed by atoms with Crippen LogP contribution in [0, 0.1) is 13.8 Å². The van der Waals surface area contributed by atoms with Gasteiger partial charge in [-0.2, -0.15) is 0 Å². The van der Waals surface area contributed by atoms with E-state index in [9.17, 15) is 0 Å². The zero-order valence-corrected chi connectivity index (χ0v) is 21.6. The standard InChI is InChI=1S/C22H22N3.Fe.2HI/c1-15-9-5-7-11-19(15)23-17(3)21-13-14-22(25-21)18(4)24-20-12-8-6-10-16(20)2;;;/h5-14H,1-4H3;;2*1H/q-1;+3;;/p-2. The van der Waals surface area contributed by atoms with Gasteiger partial charge in [0.15, 0.2) is 0 Å². The maximum atomic E-state index is 4.71. The van der Waals surface area contributed by atoms with Crippen molar-refractivity contribution in [3.8, 4) is 0 Å². The van der Waals surface area contributed by atoms with Crippen LogP contribution in [0.5, 0.6) is 0 Å². The molecule has 0 fully saturated rings. The monoisotopic (exact) mass is 638 g/mol. The Balaban J connectivity index is 0.000000878. The van der Waals surface area contributed by atoms with E-state index in [-0.39, 0.29) is 0 Å². The summed E-state index contributed by atoms with van der Waals surface area (Å²) in [5, 5.41) is 0. The topological polar surface area (TPSA) is 38.8 Å². The first kappa shape index (κ1) is 23.3. The Hall–Kier alpha value is -0.961. The zero-order valence-electron chi connectivity index (χ0n) is 16.2. The van der Waals surface area contributed by atoms with Crippen LogP contribution in [0.1, 0.15) is 36.4 Å². The Labute approximate surface area is 196 Å². The number of aliphatic imine (C=N–C) groups is 2. The molecule has 28 heavy (non-hydrogen) atoms. The molecular formula is C22H22FeI2N3. The van der Waals surface area contributed by atoms with Gasteiger partial charge in [-0.25, -0.2) is 0 Å². The molecule has 0 aliphatic carbocycles. The molecule has 2 aromatic carbocycles. The first-order valence-corrected chi connectivity index (χ1v) is 15.8. The molecule has 0 aliphatic heterocycles. The molecule has 3 nitrogen and oxygen atoms in total. The number of nitrogens with zero attached hydrogens (tertiary/aromatic N) is 3. The molecule has 0 saturated heterocycles. The van der Waals surface area contributed by atoms with Crippen molar-refractivity contribution >= 4 is 63.5 Å². The summed E-state index contributed by atoms with van der Waals surface area (Å²) in [6, 6.07) is 20.2. The van der Waals surface area contributed by atoms with Crippen LogP contribution in [0.25, 0.3) is 0 Å². The molecule has 0 N–H and O–H groups in total. The summed E-state index contributed by atoms with van der Waals surface area (Å²) < 4.78 is 0. The van der Waals surface area contributed by atoms with E-state index in [1.54, 1.807) is 0 Å². The van der Waals surface area contributed by atoms with Crippen LogP contribution in [0.2, 0.25) is 0 Å². The van der Waals surface area contributed by atoms with Crippen molar-refractivity contribution in [1.82, 2.24) is 4.98 Å². The van der Waals surface area contributed by atoms with Gasteiger partial charge in [0, 0.05) is 11.4 Å². The van der Waals surface area contributed by atoms with Crippen molar-refractivity contribution in [1.29, 1.82) is 0 Å². The Morgan fingerprint density at radius 2 is 1.07 bits per heavy atom. The van der Waals surface area contributed by atoms with E-state index in [0.717, 1.165) is 45.3 Å². The molecule has 0 bridgehead atoms. The summed E-state index contributed by atoms with van der Waals surface area (Å²) in [5.74, 6) is 0. The Kier molecular flexibility index (Phi) is 9.91. The molecule has 0 radical (unpaired) electrons. The Bertz CT molecular complexity index is 901. The SMILES string of the molecule is CC(=Nc1ccccc1C)c1ccc(C(C)=Nc2ccccc2C)[n-]1.[I][Fe+][I]. The van der Waals surface area contributed by atoms with Crippen molar-refractivity contribution in [2.24, 2.45) is 9.98 Å². The Morgan fingerprint density at radius 1 is 0.714 bits per heavy atom. The number of halogens is 2. The van der Waals surface area contributed by atoms with Gasteiger partial charge in [-0.05, 0) is 51.0 Å². The minimum atomic E-state index is 0.887. The van der Waals surface area contributed by atoms with Gasteiger partial charge in [-0.1, -0.05) is 48.5 Å². The number of aromatic nitrogens is 1. The normalized spacial score (nSPS) is 11.8. The van der Waals surface area contributed by atoms with Gasteiger partial charge in [-0.15, -0.1) is 11.4 Å². The van der Waals surface area contributed by atoms with E-state index in [1.165, 1.54) is 8.46 Å². The fraction of sp³-hybridized carbons (Fsp3) is 0.182. The molecular weight excluding hydrogens is 616 g/mol. The van der Waals surface area contributed by atoms with Crippen molar-refractivity contribution in [3.63, 3.8) is 0 Å². The molecule has 6 heteroatoms. The Morgan fingerprint density at radius 3 is 1.43 bits per heavy atom. The van der Waals surface area contributed by atoms with Crippen LogP contribution in [0.15, 0.2) is 70.6 Å². The van der Waals surface area contributed by atoms with Gasteiger partial charge in [-0.3, -0.25) is 9.98 Å². The molecule has 0 spiro atoms. The third-order valence-electron chi connectivity index (χ3n) is 4.19. The van der Waals surface area contributed by atoms with Gasteiger partial charge >= 0.3 is 49.1 Å². The van der Waals surface area contributed by atoms with Crippen LogP contribution < -0.4 is 4.98 Å². The number of hydrogen-bond acceptors (Lipinski definition) is 2. The third-order valence-corrected chi connectivity index (χ3v) is 4.19. The van der Waals surface area contributed by atoms with Gasteiger partial charge in [0.25, 0.3) is 0 Å². The molecule has 1 aromatic heterocycles. The third kappa shape index (κ3) is 6.83. The van der Waals surface area contributed by atoms with E-state index in [0.29, 0.717) is 0 Å². The predicted molar refractivity (Wildman–Crippen MR) is 134 cm³/mol. The fourth-order valence-corrected chi connectivity index (χ4v) is 2.62. The second-order valence-electron chi connectivity index (χ2n) is 6.23. The van der Waals surface area contributed by atoms with E-state index in [4.69, 9.17) is 15.0 Å². The van der Waals surface area contributed by atoms with E-state index in [2.05, 4.69) is 66.7 Å². The van der Waals surface area contributed by atoms with Crippen LogP contribution >= 0.6 is 40.7 Å².